The number of rotatable bonds is 7. The molecule has 238 valence electrons. The molecule has 0 spiro atoms. The number of nitrogens with zero attached hydrogens (tertiary/aromatic N) is 5. The normalized spacial score (nSPS) is 14.1. The van der Waals surface area contributed by atoms with Gasteiger partial charge in [-0.1, -0.05) is 18.2 Å². The molecular weight excluding hydrogens is 605 g/mol. The summed E-state index contributed by atoms with van der Waals surface area (Å²) in [5.41, 5.74) is 1.58. The van der Waals surface area contributed by atoms with Crippen molar-refractivity contribution in [2.45, 2.75) is 45.5 Å². The number of aromatic amines is 1. The van der Waals surface area contributed by atoms with E-state index in [1.807, 2.05) is 31.3 Å². The Morgan fingerprint density at radius 2 is 1.91 bits per heavy atom. The molecule has 1 aliphatic heterocycles. The van der Waals surface area contributed by atoms with Gasteiger partial charge in [-0.25, -0.2) is 23.8 Å². The fourth-order valence-electron chi connectivity index (χ4n) is 5.49. The third-order valence-electron chi connectivity index (χ3n) is 7.56. The molecule has 0 aliphatic carbocycles. The van der Waals surface area contributed by atoms with Gasteiger partial charge in [-0.05, 0) is 54.8 Å². The maximum atomic E-state index is 13.6. The fraction of sp³-hybridized carbons (Fsp3) is 0.250. The van der Waals surface area contributed by atoms with Crippen LogP contribution >= 0.6 is 0 Å². The summed E-state index contributed by atoms with van der Waals surface area (Å²) in [5.74, 6) is -0.755. The predicted octanol–water partition coefficient (Wildman–Crippen LogP) is 3.24. The van der Waals surface area contributed by atoms with Crippen LogP contribution < -0.4 is 20.3 Å². The number of alkyl halides is 3. The number of pyridine rings is 1. The minimum Gasteiger partial charge on any atom is -0.554 e. The van der Waals surface area contributed by atoms with Crippen molar-refractivity contribution >= 4 is 24.1 Å². The molecule has 5 rings (SSSR count). The second-order valence-corrected chi connectivity index (χ2v) is 10.2. The lowest BCUT2D eigenvalue weighted by Crippen LogP contribution is -2.38. The zero-order valence-electron chi connectivity index (χ0n) is 25.0. The number of fused-ring (bicyclic) bond motifs is 1. The van der Waals surface area contributed by atoms with Gasteiger partial charge in [0.05, 0.1) is 29.9 Å². The van der Waals surface area contributed by atoms with Gasteiger partial charge in [0.2, 0.25) is 5.95 Å². The van der Waals surface area contributed by atoms with Gasteiger partial charge in [0, 0.05) is 43.3 Å². The van der Waals surface area contributed by atoms with Crippen molar-refractivity contribution in [1.29, 1.82) is 5.26 Å². The molecule has 2 aromatic heterocycles. The standard InChI is InChI=1S/C31H27F3N6O3.CH2O2/c1-19-8-4-5-14-38(19)15-7-9-22-16-21(18-35)12-13-25(22)27-26(28(41)43-3)20(2)39(29-36-37-30(42)40(27)29)24-11-6-10-23(17-24)31(32,33)34;2-1-3/h4-6,8,10-14,16-17,27H,7,9,15H2,1-3H3;1H,(H,2,3). The van der Waals surface area contributed by atoms with E-state index in [1.54, 1.807) is 25.1 Å². The number of benzene rings is 2. The highest BCUT2D eigenvalue weighted by atomic mass is 19.4. The molecule has 4 aromatic rings. The quantitative estimate of drug-likeness (QED) is 0.185. The lowest BCUT2D eigenvalue weighted by atomic mass is 9.88. The minimum atomic E-state index is -4.61. The number of carboxylic acid groups (broad SMARTS) is 1. The molecule has 46 heavy (non-hydrogen) atoms. The monoisotopic (exact) mass is 634 g/mol. The number of esters is 1. The number of carbonyl (C=O) groups is 2. The van der Waals surface area contributed by atoms with Gasteiger partial charge in [0.25, 0.3) is 0 Å². The highest BCUT2D eigenvalue weighted by Gasteiger charge is 2.41. The molecule has 3 heterocycles. The third kappa shape index (κ3) is 6.68. The van der Waals surface area contributed by atoms with Crippen LogP contribution in [0.15, 0.2) is 82.9 Å². The number of aryl methyl sites for hydroxylation is 3. The summed E-state index contributed by atoms with van der Waals surface area (Å²) in [6, 6.07) is 16.6. The van der Waals surface area contributed by atoms with Crippen LogP contribution in [0, 0.1) is 18.3 Å². The molecule has 14 heteroatoms. The number of hydrogen-bond acceptors (Lipinski definition) is 8. The predicted molar refractivity (Wildman–Crippen MR) is 156 cm³/mol. The van der Waals surface area contributed by atoms with Crippen molar-refractivity contribution in [1.82, 2.24) is 14.8 Å². The number of allylic oxidation sites excluding steroid dienone is 1. The van der Waals surface area contributed by atoms with Crippen LogP contribution in [0.25, 0.3) is 0 Å². The molecule has 0 saturated carbocycles. The highest BCUT2D eigenvalue weighted by Crippen LogP contribution is 2.43. The van der Waals surface area contributed by atoms with E-state index in [1.165, 1.54) is 28.7 Å². The van der Waals surface area contributed by atoms with Crippen molar-refractivity contribution in [2.75, 3.05) is 12.0 Å². The van der Waals surface area contributed by atoms with Gasteiger partial charge >= 0.3 is 17.8 Å². The van der Waals surface area contributed by atoms with Crippen LogP contribution in [-0.4, -0.2) is 34.3 Å². The molecule has 0 amide bonds. The van der Waals surface area contributed by atoms with E-state index in [-0.39, 0.29) is 22.9 Å². The average Bonchev–Trinajstić information content (AvgIpc) is 3.41. The number of H-pyrrole nitrogens is 1. The Morgan fingerprint density at radius 3 is 2.57 bits per heavy atom. The zero-order valence-corrected chi connectivity index (χ0v) is 25.0. The molecule has 0 fully saturated rings. The first kappa shape index (κ1) is 33.2. The lowest BCUT2D eigenvalue weighted by molar-refractivity contribution is -0.703. The number of nitrogens with one attached hydrogen (secondary N) is 1. The number of nitriles is 1. The lowest BCUT2D eigenvalue weighted by Gasteiger charge is -2.36. The van der Waals surface area contributed by atoms with Gasteiger partial charge in [0.1, 0.15) is 12.6 Å². The van der Waals surface area contributed by atoms with Gasteiger partial charge in [-0.3, -0.25) is 4.90 Å². The summed E-state index contributed by atoms with van der Waals surface area (Å²) < 4.78 is 49.3. The Hall–Kier alpha value is -5.71. The van der Waals surface area contributed by atoms with Crippen LogP contribution in [0.2, 0.25) is 0 Å². The zero-order chi connectivity index (χ0) is 33.6. The Morgan fingerprint density at radius 1 is 1.17 bits per heavy atom. The van der Waals surface area contributed by atoms with Gasteiger partial charge in [-0.2, -0.15) is 18.4 Å². The maximum Gasteiger partial charge on any atom is 0.416 e. The van der Waals surface area contributed by atoms with Gasteiger partial charge in [-0.15, -0.1) is 5.10 Å². The highest BCUT2D eigenvalue weighted by molar-refractivity contribution is 5.93. The topological polar surface area (TPSA) is 148 Å². The molecule has 2 aromatic carbocycles. The van der Waals surface area contributed by atoms with E-state index in [2.05, 4.69) is 20.8 Å². The third-order valence-corrected chi connectivity index (χ3v) is 7.56. The van der Waals surface area contributed by atoms with Crippen LogP contribution in [0.4, 0.5) is 24.8 Å². The second-order valence-electron chi connectivity index (χ2n) is 10.2. The molecular formula is C32H29F3N6O5. The van der Waals surface area contributed by atoms with E-state index >= 15 is 0 Å². The van der Waals surface area contributed by atoms with E-state index in [0.29, 0.717) is 30.5 Å². The number of halogens is 3. The summed E-state index contributed by atoms with van der Waals surface area (Å²) >= 11 is 0. The Balaban J connectivity index is 0.00000154. The number of ether oxygens (including phenoxy) is 1. The van der Waals surface area contributed by atoms with Crippen LogP contribution in [-0.2, 0) is 33.5 Å². The first-order valence-corrected chi connectivity index (χ1v) is 13.9. The molecule has 1 aliphatic rings. The van der Waals surface area contributed by atoms with E-state index in [4.69, 9.17) is 14.6 Å². The fourth-order valence-corrected chi connectivity index (χ4v) is 5.49. The van der Waals surface area contributed by atoms with E-state index in [9.17, 15) is 28.0 Å². The number of carbonyl (C=O) groups excluding carboxylic acids is 2. The smallest absolute Gasteiger partial charge is 0.416 e. The number of methoxy groups -OCH3 is 1. The molecule has 1 N–H and O–H groups in total. The van der Waals surface area contributed by atoms with Crippen molar-refractivity contribution in [3.63, 3.8) is 0 Å². The average molecular weight is 635 g/mol. The molecule has 1 atom stereocenters. The van der Waals surface area contributed by atoms with Crippen LogP contribution in [0.5, 0.6) is 0 Å². The Bertz CT molecular complexity index is 1890. The first-order chi connectivity index (χ1) is 22.0. The molecule has 0 bridgehead atoms. The van der Waals surface area contributed by atoms with Crippen molar-refractivity contribution in [2.24, 2.45) is 0 Å². The van der Waals surface area contributed by atoms with E-state index in [0.717, 1.165) is 23.4 Å². The largest absolute Gasteiger partial charge is 0.554 e. The number of hydrogen-bond donors (Lipinski definition) is 1. The van der Waals surface area contributed by atoms with E-state index < -0.39 is 35.9 Å². The van der Waals surface area contributed by atoms with Crippen molar-refractivity contribution in [3.05, 3.63) is 117 Å². The summed E-state index contributed by atoms with van der Waals surface area (Å²) in [7, 11) is 1.20. The Kier molecular flexibility index (Phi) is 10.1. The number of aromatic nitrogens is 4. The van der Waals surface area contributed by atoms with Crippen molar-refractivity contribution < 1.29 is 37.2 Å². The summed E-state index contributed by atoms with van der Waals surface area (Å²) in [6.45, 7) is 3.76. The first-order valence-electron chi connectivity index (χ1n) is 13.9. The summed E-state index contributed by atoms with van der Waals surface area (Å²) in [6.07, 6.45) is -1.44. The summed E-state index contributed by atoms with van der Waals surface area (Å²) in [5, 5.41) is 24.4. The van der Waals surface area contributed by atoms with Gasteiger partial charge in [0.15, 0.2) is 11.9 Å². The Labute approximate surface area is 261 Å². The SMILES string of the molecule is COC(=O)C1=C(C)N(c2cccc(C(F)(F)F)c2)c2n[nH]c(=O)n2C1c1ccc(C#N)cc1CCC[n+]1ccccc1C.O=C[O-]. The number of anilines is 2. The van der Waals surface area contributed by atoms with Gasteiger partial charge < -0.3 is 14.6 Å². The summed E-state index contributed by atoms with van der Waals surface area (Å²) in [4.78, 5) is 36.3. The minimum absolute atomic E-state index is 0.00486. The molecule has 0 saturated heterocycles. The second kappa shape index (κ2) is 13.9. The molecule has 0 radical (unpaired) electrons. The van der Waals surface area contributed by atoms with Crippen molar-refractivity contribution in [3.8, 4) is 6.07 Å². The molecule has 11 nitrogen and oxygen atoms in total. The molecule has 1 unspecified atom stereocenters. The maximum absolute atomic E-state index is 13.6. The van der Waals surface area contributed by atoms with Crippen LogP contribution in [0.1, 0.15) is 47.3 Å². The van der Waals surface area contributed by atoms with Crippen LogP contribution in [0.3, 0.4) is 0 Å².